The summed E-state index contributed by atoms with van der Waals surface area (Å²) in [5.41, 5.74) is -1.89. The van der Waals surface area contributed by atoms with Crippen molar-refractivity contribution in [3.8, 4) is 0 Å². The van der Waals surface area contributed by atoms with E-state index in [-0.39, 0.29) is 19.8 Å². The summed E-state index contributed by atoms with van der Waals surface area (Å²) < 4.78 is 70.3. The minimum absolute atomic E-state index is 0.0168. The Morgan fingerprint density at radius 2 is 1.60 bits per heavy atom. The molecule has 122 valence electrons. The van der Waals surface area contributed by atoms with E-state index in [2.05, 4.69) is 8.37 Å². The molecule has 12 heteroatoms. The van der Waals surface area contributed by atoms with E-state index in [1.54, 1.807) is 0 Å². The number of rotatable bonds is 11. The van der Waals surface area contributed by atoms with Gasteiger partial charge in [0.1, 0.15) is 0 Å². The van der Waals surface area contributed by atoms with Crippen LogP contribution >= 0.6 is 15.6 Å². The standard InChI is InChI=1S/C8H20O9P2S/c1-5-14-18(9)8(17-20(11,12)13-4)19(10,15-6-2)16-7-3/h8,18H,5-7H2,1-4H3. The number of hydrogen-bond acceptors (Lipinski definition) is 9. The fourth-order valence-corrected chi connectivity index (χ4v) is 6.02. The van der Waals surface area contributed by atoms with Crippen LogP contribution < -0.4 is 0 Å². The summed E-state index contributed by atoms with van der Waals surface area (Å²) in [5.74, 6) is 0. The zero-order chi connectivity index (χ0) is 15.8. The molecule has 0 aliphatic carbocycles. The van der Waals surface area contributed by atoms with Crippen LogP contribution in [-0.2, 0) is 41.5 Å². The molecule has 0 amide bonds. The highest BCUT2D eigenvalue weighted by Gasteiger charge is 2.45. The second-order valence-corrected chi connectivity index (χ2v) is 8.50. The molecule has 0 aliphatic heterocycles. The van der Waals surface area contributed by atoms with Crippen LogP contribution in [0.3, 0.4) is 0 Å². The molecule has 0 saturated carbocycles. The first-order chi connectivity index (χ1) is 9.26. The Morgan fingerprint density at radius 3 is 1.95 bits per heavy atom. The fourth-order valence-electron chi connectivity index (χ4n) is 1.12. The number of hydrogen-bond donors (Lipinski definition) is 0. The smallest absolute Gasteiger partial charge is 0.329 e. The largest absolute Gasteiger partial charge is 0.401 e. The van der Waals surface area contributed by atoms with Gasteiger partial charge >= 0.3 is 18.0 Å². The van der Waals surface area contributed by atoms with Gasteiger partial charge in [0, 0.05) is 0 Å². The molecule has 20 heavy (non-hydrogen) atoms. The summed E-state index contributed by atoms with van der Waals surface area (Å²) in [7, 11) is -10.9. The topological polar surface area (TPSA) is 114 Å². The summed E-state index contributed by atoms with van der Waals surface area (Å²) in [5, 5.41) is 0. The van der Waals surface area contributed by atoms with E-state index in [4.69, 9.17) is 13.6 Å². The van der Waals surface area contributed by atoms with Crippen LogP contribution in [0.5, 0.6) is 0 Å². The van der Waals surface area contributed by atoms with Crippen LogP contribution in [0.15, 0.2) is 0 Å². The molecule has 2 unspecified atom stereocenters. The molecule has 0 aliphatic rings. The van der Waals surface area contributed by atoms with Gasteiger partial charge in [-0.1, -0.05) is 0 Å². The predicted molar refractivity (Wildman–Crippen MR) is 72.3 cm³/mol. The minimum Gasteiger partial charge on any atom is -0.329 e. The predicted octanol–water partition coefficient (Wildman–Crippen LogP) is 1.96. The van der Waals surface area contributed by atoms with Gasteiger partial charge in [-0.3, -0.25) is 13.3 Å². The first kappa shape index (κ1) is 20.2. The molecule has 0 aromatic heterocycles. The molecule has 2 atom stereocenters. The normalized spacial score (nSPS) is 16.0. The second-order valence-electron chi connectivity index (χ2n) is 3.15. The summed E-state index contributed by atoms with van der Waals surface area (Å²) >= 11 is 0. The summed E-state index contributed by atoms with van der Waals surface area (Å²) in [6.07, 6.45) is 0. The molecule has 0 radical (unpaired) electrons. The Hall–Kier alpha value is 0.210. The maximum Gasteiger partial charge on any atom is 0.401 e. The highest BCUT2D eigenvalue weighted by molar-refractivity contribution is 7.82. The Balaban J connectivity index is 5.47. The SMILES string of the molecule is CCO[PH](=O)C(OS(=O)(=O)OC)P(=O)(OCC)OCC. The van der Waals surface area contributed by atoms with Crippen molar-refractivity contribution >= 4 is 26.0 Å². The van der Waals surface area contributed by atoms with Crippen molar-refractivity contribution in [2.24, 2.45) is 0 Å². The first-order valence-electron chi connectivity index (χ1n) is 5.80. The maximum absolute atomic E-state index is 12.5. The van der Waals surface area contributed by atoms with Crippen LogP contribution in [0.4, 0.5) is 0 Å². The zero-order valence-electron chi connectivity index (χ0n) is 11.7. The van der Waals surface area contributed by atoms with E-state index >= 15 is 0 Å². The van der Waals surface area contributed by atoms with Gasteiger partial charge in [-0.05, 0) is 20.8 Å². The average molecular weight is 354 g/mol. The minimum atomic E-state index is -4.49. The summed E-state index contributed by atoms with van der Waals surface area (Å²) in [6, 6.07) is 0. The van der Waals surface area contributed by atoms with Crippen LogP contribution in [0.2, 0.25) is 0 Å². The Bertz CT molecular complexity index is 439. The Morgan fingerprint density at radius 1 is 1.10 bits per heavy atom. The van der Waals surface area contributed by atoms with Crippen LogP contribution in [0, 0.1) is 0 Å². The highest BCUT2D eigenvalue weighted by atomic mass is 32.3. The van der Waals surface area contributed by atoms with Crippen LogP contribution in [0.1, 0.15) is 20.8 Å². The van der Waals surface area contributed by atoms with Crippen molar-refractivity contribution in [2.45, 2.75) is 26.4 Å². The Labute approximate surface area is 119 Å². The average Bonchev–Trinajstić information content (AvgIpc) is 2.37. The third kappa shape index (κ3) is 6.32. The van der Waals surface area contributed by atoms with Gasteiger partial charge in [0.05, 0.1) is 26.9 Å². The van der Waals surface area contributed by atoms with Gasteiger partial charge in [0.2, 0.25) is 8.03 Å². The van der Waals surface area contributed by atoms with E-state index < -0.39 is 31.6 Å². The second kappa shape index (κ2) is 9.27. The summed E-state index contributed by atoms with van der Waals surface area (Å²) in [4.78, 5) is 0. The molecule has 0 N–H and O–H groups in total. The molecule has 0 heterocycles. The van der Waals surface area contributed by atoms with Gasteiger partial charge in [0.15, 0.2) is 0 Å². The van der Waals surface area contributed by atoms with Gasteiger partial charge in [-0.25, -0.2) is 4.18 Å². The highest BCUT2D eigenvalue weighted by Crippen LogP contribution is 2.62. The first-order valence-corrected chi connectivity index (χ1v) is 10.1. The lowest BCUT2D eigenvalue weighted by molar-refractivity contribution is 0.169. The van der Waals surface area contributed by atoms with Crippen molar-refractivity contribution < 1.29 is 39.5 Å². The monoisotopic (exact) mass is 354 g/mol. The van der Waals surface area contributed by atoms with Gasteiger partial charge < -0.3 is 13.6 Å². The van der Waals surface area contributed by atoms with E-state index in [9.17, 15) is 17.5 Å². The van der Waals surface area contributed by atoms with Crippen molar-refractivity contribution in [2.75, 3.05) is 26.9 Å². The van der Waals surface area contributed by atoms with Crippen molar-refractivity contribution in [1.29, 1.82) is 0 Å². The maximum atomic E-state index is 12.5. The van der Waals surface area contributed by atoms with E-state index in [0.29, 0.717) is 0 Å². The van der Waals surface area contributed by atoms with Gasteiger partial charge in [-0.15, -0.1) is 0 Å². The molecule has 0 fully saturated rings. The van der Waals surface area contributed by atoms with E-state index in [1.807, 2.05) is 0 Å². The molecule has 9 nitrogen and oxygen atoms in total. The van der Waals surface area contributed by atoms with Crippen molar-refractivity contribution in [3.05, 3.63) is 0 Å². The van der Waals surface area contributed by atoms with Crippen LogP contribution in [-0.4, -0.2) is 40.9 Å². The fraction of sp³-hybridized carbons (Fsp3) is 1.00. The molecule has 0 bridgehead atoms. The van der Waals surface area contributed by atoms with Crippen LogP contribution in [0.25, 0.3) is 0 Å². The molecule has 0 aromatic carbocycles. The molecule has 0 aromatic rings. The molecular formula is C8H20O9P2S. The molecule has 0 saturated heterocycles. The molecule has 0 rings (SSSR count). The third-order valence-electron chi connectivity index (χ3n) is 1.81. The van der Waals surface area contributed by atoms with E-state index in [1.165, 1.54) is 20.8 Å². The molecule has 0 spiro atoms. The summed E-state index contributed by atoms with van der Waals surface area (Å²) in [6.45, 7) is 4.49. The lowest BCUT2D eigenvalue weighted by Crippen LogP contribution is -2.20. The van der Waals surface area contributed by atoms with E-state index in [0.717, 1.165) is 7.11 Å². The third-order valence-corrected chi connectivity index (χ3v) is 7.55. The van der Waals surface area contributed by atoms with Gasteiger partial charge in [0.25, 0.3) is 5.59 Å². The van der Waals surface area contributed by atoms with Crippen molar-refractivity contribution in [1.82, 2.24) is 0 Å². The van der Waals surface area contributed by atoms with Crippen molar-refractivity contribution in [3.63, 3.8) is 0 Å². The quantitative estimate of drug-likeness (QED) is 0.513. The molecular weight excluding hydrogens is 334 g/mol. The van der Waals surface area contributed by atoms with Gasteiger partial charge in [-0.2, -0.15) is 8.42 Å². The lowest BCUT2D eigenvalue weighted by Gasteiger charge is -2.24. The zero-order valence-corrected chi connectivity index (χ0v) is 14.4. The Kier molecular flexibility index (Phi) is 9.37. The lowest BCUT2D eigenvalue weighted by atomic mass is 10.9.